The van der Waals surface area contributed by atoms with E-state index in [1.54, 1.807) is 12.3 Å². The lowest BCUT2D eigenvalue weighted by Crippen LogP contribution is -2.43. The van der Waals surface area contributed by atoms with E-state index < -0.39 is 17.9 Å². The summed E-state index contributed by atoms with van der Waals surface area (Å²) < 4.78 is 39.8. The highest BCUT2D eigenvalue weighted by Crippen LogP contribution is 2.35. The lowest BCUT2D eigenvalue weighted by atomic mass is 10.00. The second kappa shape index (κ2) is 8.12. The molecule has 0 radical (unpaired) electrons. The van der Waals surface area contributed by atoms with Crippen LogP contribution in [0.1, 0.15) is 22.9 Å². The molecule has 4 N–H and O–H groups in total. The molecule has 30 heavy (non-hydrogen) atoms. The molecule has 3 aromatic rings. The first-order valence-electron chi connectivity index (χ1n) is 9.88. The van der Waals surface area contributed by atoms with Crippen molar-refractivity contribution in [1.29, 1.82) is 0 Å². The van der Waals surface area contributed by atoms with Gasteiger partial charge in [0.25, 0.3) is 0 Å². The summed E-state index contributed by atoms with van der Waals surface area (Å²) in [7, 11) is 0. The second-order valence-corrected chi connectivity index (χ2v) is 7.44. The number of hydrogen-bond acceptors (Lipinski definition) is 5. The molecule has 1 aliphatic heterocycles. The quantitative estimate of drug-likeness (QED) is 0.562. The Morgan fingerprint density at radius 2 is 1.90 bits per heavy atom. The maximum absolute atomic E-state index is 13.3. The predicted octanol–water partition coefficient (Wildman–Crippen LogP) is 4.04. The molecule has 1 saturated heterocycles. The standard InChI is InChI=1S/C22H24F3N5/c1-14-17(3-2-4-19(14)22(23,24)25)20(26)29-21-18-13-16(30-11-9-27-10-12-30)6-5-15(18)7-8-28-21/h2-8,13,20,27H,9-12,26H2,1H3,(H,28,29)/t20-/m0/s1. The molecule has 0 bridgehead atoms. The van der Waals surface area contributed by atoms with Gasteiger partial charge < -0.3 is 21.3 Å². The van der Waals surface area contributed by atoms with Gasteiger partial charge in [0.2, 0.25) is 0 Å². The Balaban J connectivity index is 1.67. The summed E-state index contributed by atoms with van der Waals surface area (Å²) >= 11 is 0. The lowest BCUT2D eigenvalue weighted by Gasteiger charge is -2.29. The number of pyridine rings is 1. The fourth-order valence-corrected chi connectivity index (χ4v) is 3.91. The average Bonchev–Trinajstić information content (AvgIpc) is 2.73. The van der Waals surface area contributed by atoms with Gasteiger partial charge in [-0.25, -0.2) is 4.98 Å². The van der Waals surface area contributed by atoms with E-state index in [4.69, 9.17) is 5.73 Å². The molecule has 2 heterocycles. The molecule has 1 atom stereocenters. The van der Waals surface area contributed by atoms with Crippen molar-refractivity contribution in [3.05, 3.63) is 65.4 Å². The second-order valence-electron chi connectivity index (χ2n) is 7.44. The molecule has 4 rings (SSSR count). The van der Waals surface area contributed by atoms with E-state index in [1.165, 1.54) is 13.0 Å². The maximum Gasteiger partial charge on any atom is 0.416 e. The highest BCUT2D eigenvalue weighted by molar-refractivity contribution is 5.94. The van der Waals surface area contributed by atoms with Crippen molar-refractivity contribution >= 4 is 22.3 Å². The minimum Gasteiger partial charge on any atom is -0.369 e. The Kier molecular flexibility index (Phi) is 5.53. The van der Waals surface area contributed by atoms with Crippen molar-refractivity contribution in [3.63, 3.8) is 0 Å². The van der Waals surface area contributed by atoms with Gasteiger partial charge in [-0.2, -0.15) is 13.2 Å². The molecule has 0 unspecified atom stereocenters. The van der Waals surface area contributed by atoms with Gasteiger partial charge in [0, 0.05) is 43.4 Å². The SMILES string of the molecule is Cc1c([C@@H](N)Nc2nccc3ccc(N4CCNCC4)cc23)cccc1C(F)(F)F. The first-order valence-corrected chi connectivity index (χ1v) is 9.88. The monoisotopic (exact) mass is 415 g/mol. The van der Waals surface area contributed by atoms with Crippen molar-refractivity contribution in [3.8, 4) is 0 Å². The van der Waals surface area contributed by atoms with Crippen LogP contribution in [-0.4, -0.2) is 31.2 Å². The van der Waals surface area contributed by atoms with E-state index in [0.29, 0.717) is 11.4 Å². The van der Waals surface area contributed by atoms with Crippen LogP contribution in [0, 0.1) is 6.92 Å². The molecule has 1 aromatic heterocycles. The van der Waals surface area contributed by atoms with E-state index in [9.17, 15) is 13.2 Å². The fraction of sp³-hybridized carbons (Fsp3) is 0.318. The number of aromatic nitrogens is 1. The molecule has 5 nitrogen and oxygen atoms in total. The third-order valence-electron chi connectivity index (χ3n) is 5.54. The first kappa shape index (κ1) is 20.4. The number of nitrogens with zero attached hydrogens (tertiary/aromatic N) is 2. The van der Waals surface area contributed by atoms with Gasteiger partial charge in [-0.3, -0.25) is 0 Å². The topological polar surface area (TPSA) is 66.2 Å². The van der Waals surface area contributed by atoms with Gasteiger partial charge in [0.05, 0.1) is 5.56 Å². The number of halogens is 3. The van der Waals surface area contributed by atoms with Crippen LogP contribution >= 0.6 is 0 Å². The number of fused-ring (bicyclic) bond motifs is 1. The molecular formula is C22H24F3N5. The van der Waals surface area contributed by atoms with E-state index in [2.05, 4.69) is 32.7 Å². The number of alkyl halides is 3. The Morgan fingerprint density at radius 1 is 1.13 bits per heavy atom. The summed E-state index contributed by atoms with van der Waals surface area (Å²) in [5, 5.41) is 8.32. The summed E-state index contributed by atoms with van der Waals surface area (Å²) in [6.07, 6.45) is -3.58. The van der Waals surface area contributed by atoms with E-state index >= 15 is 0 Å². The maximum atomic E-state index is 13.3. The number of nitrogens with two attached hydrogens (primary N) is 1. The number of anilines is 2. The fourth-order valence-electron chi connectivity index (χ4n) is 3.91. The van der Waals surface area contributed by atoms with Crippen LogP contribution in [0.4, 0.5) is 24.7 Å². The van der Waals surface area contributed by atoms with Crippen LogP contribution < -0.4 is 21.3 Å². The zero-order valence-electron chi connectivity index (χ0n) is 16.6. The minimum absolute atomic E-state index is 0.117. The van der Waals surface area contributed by atoms with Gasteiger partial charge in [0.1, 0.15) is 12.0 Å². The van der Waals surface area contributed by atoms with Crippen molar-refractivity contribution in [2.45, 2.75) is 19.3 Å². The Bertz CT molecular complexity index is 1040. The molecule has 8 heteroatoms. The Labute approximate surface area is 173 Å². The predicted molar refractivity (Wildman–Crippen MR) is 114 cm³/mol. The van der Waals surface area contributed by atoms with Crippen LogP contribution in [0.3, 0.4) is 0 Å². The Hall–Kier alpha value is -2.84. The van der Waals surface area contributed by atoms with Crippen molar-refractivity contribution in [2.24, 2.45) is 5.73 Å². The molecule has 0 amide bonds. The normalized spacial score (nSPS) is 16.0. The summed E-state index contributed by atoms with van der Waals surface area (Å²) in [4.78, 5) is 6.71. The molecule has 158 valence electrons. The van der Waals surface area contributed by atoms with Crippen LogP contribution in [-0.2, 0) is 6.18 Å². The van der Waals surface area contributed by atoms with Crippen LogP contribution in [0.2, 0.25) is 0 Å². The largest absolute Gasteiger partial charge is 0.416 e. The van der Waals surface area contributed by atoms with Gasteiger partial charge in [-0.05, 0) is 47.7 Å². The molecule has 0 saturated carbocycles. The van der Waals surface area contributed by atoms with E-state index in [0.717, 1.165) is 48.7 Å². The zero-order valence-corrected chi connectivity index (χ0v) is 16.6. The van der Waals surface area contributed by atoms with Gasteiger partial charge in [0.15, 0.2) is 0 Å². The van der Waals surface area contributed by atoms with Crippen LogP contribution in [0.15, 0.2) is 48.7 Å². The van der Waals surface area contributed by atoms with Gasteiger partial charge >= 0.3 is 6.18 Å². The van der Waals surface area contributed by atoms with Crippen LogP contribution in [0.5, 0.6) is 0 Å². The number of nitrogens with one attached hydrogen (secondary N) is 2. The third kappa shape index (κ3) is 4.06. The van der Waals surface area contributed by atoms with Gasteiger partial charge in [-0.1, -0.05) is 18.2 Å². The summed E-state index contributed by atoms with van der Waals surface area (Å²) in [6.45, 7) is 5.12. The molecule has 1 aliphatic rings. The molecular weight excluding hydrogens is 391 g/mol. The highest BCUT2D eigenvalue weighted by atomic mass is 19.4. The molecule has 0 spiro atoms. The first-order chi connectivity index (χ1) is 14.3. The lowest BCUT2D eigenvalue weighted by molar-refractivity contribution is -0.138. The van der Waals surface area contributed by atoms with Crippen molar-refractivity contribution < 1.29 is 13.2 Å². The molecule has 0 aliphatic carbocycles. The molecule has 2 aromatic carbocycles. The number of hydrogen-bond donors (Lipinski definition) is 3. The smallest absolute Gasteiger partial charge is 0.369 e. The van der Waals surface area contributed by atoms with Crippen molar-refractivity contribution in [2.75, 3.05) is 36.4 Å². The number of benzene rings is 2. The minimum atomic E-state index is -4.42. The van der Waals surface area contributed by atoms with E-state index in [-0.39, 0.29) is 5.56 Å². The van der Waals surface area contributed by atoms with E-state index in [1.807, 2.05) is 12.1 Å². The Morgan fingerprint density at radius 3 is 2.63 bits per heavy atom. The highest BCUT2D eigenvalue weighted by Gasteiger charge is 2.33. The van der Waals surface area contributed by atoms with Gasteiger partial charge in [-0.15, -0.1) is 0 Å². The zero-order chi connectivity index (χ0) is 21.3. The number of rotatable bonds is 4. The van der Waals surface area contributed by atoms with Crippen molar-refractivity contribution in [1.82, 2.24) is 10.3 Å². The average molecular weight is 415 g/mol. The summed E-state index contributed by atoms with van der Waals surface area (Å²) in [6, 6.07) is 12.1. The summed E-state index contributed by atoms with van der Waals surface area (Å²) in [5.74, 6) is 0.550. The number of piperazine rings is 1. The third-order valence-corrected chi connectivity index (χ3v) is 5.54. The van der Waals surface area contributed by atoms with Crippen LogP contribution in [0.25, 0.3) is 10.8 Å². The summed E-state index contributed by atoms with van der Waals surface area (Å²) in [5.41, 5.74) is 7.19. The molecule has 1 fully saturated rings.